The van der Waals surface area contributed by atoms with Gasteiger partial charge in [-0.3, -0.25) is 0 Å². The van der Waals surface area contributed by atoms with Crippen molar-refractivity contribution in [3.63, 3.8) is 0 Å². The van der Waals surface area contributed by atoms with Crippen LogP contribution in [0.25, 0.3) is 0 Å². The number of hydrogen-bond donors (Lipinski definition) is 0. The van der Waals surface area contributed by atoms with Crippen molar-refractivity contribution in [3.8, 4) is 5.75 Å². The van der Waals surface area contributed by atoms with E-state index >= 15 is 0 Å². The van der Waals surface area contributed by atoms with Gasteiger partial charge in [0.25, 0.3) is 0 Å². The summed E-state index contributed by atoms with van der Waals surface area (Å²) in [5, 5.41) is 0. The number of anilines is 1. The maximum absolute atomic E-state index is 13.5. The van der Waals surface area contributed by atoms with Crippen LogP contribution in [0.1, 0.15) is 5.56 Å². The van der Waals surface area contributed by atoms with E-state index in [4.69, 9.17) is 4.74 Å². The second kappa shape index (κ2) is 5.44. The zero-order valence-corrected chi connectivity index (χ0v) is 10.3. The van der Waals surface area contributed by atoms with Crippen LogP contribution in [0, 0.1) is 5.82 Å². The van der Waals surface area contributed by atoms with Crippen LogP contribution < -0.4 is 9.64 Å². The minimum atomic E-state index is -0.423. The van der Waals surface area contributed by atoms with E-state index < -0.39 is 5.82 Å². The average molecular weight is 247 g/mol. The molecule has 94 valence electrons. The predicted molar refractivity (Wildman–Crippen MR) is 67.1 cm³/mol. The van der Waals surface area contributed by atoms with E-state index in [0.717, 1.165) is 17.5 Å². The molecule has 4 nitrogen and oxygen atoms in total. The Morgan fingerprint density at radius 1 is 1.28 bits per heavy atom. The molecule has 18 heavy (non-hydrogen) atoms. The molecule has 1 aromatic heterocycles. The van der Waals surface area contributed by atoms with Crippen molar-refractivity contribution < 1.29 is 9.13 Å². The van der Waals surface area contributed by atoms with Gasteiger partial charge in [-0.25, -0.2) is 14.4 Å². The fourth-order valence-corrected chi connectivity index (χ4v) is 1.67. The molecule has 5 heteroatoms. The van der Waals surface area contributed by atoms with Gasteiger partial charge in [-0.05, 0) is 17.7 Å². The number of methoxy groups -OCH3 is 1. The van der Waals surface area contributed by atoms with Crippen molar-refractivity contribution in [1.29, 1.82) is 0 Å². The Hall–Kier alpha value is -2.17. The van der Waals surface area contributed by atoms with Crippen molar-refractivity contribution in [2.24, 2.45) is 0 Å². The third-order valence-corrected chi connectivity index (χ3v) is 2.59. The number of benzene rings is 1. The molecule has 0 fully saturated rings. The molecule has 0 aliphatic heterocycles. The van der Waals surface area contributed by atoms with Gasteiger partial charge in [0, 0.05) is 13.6 Å². The van der Waals surface area contributed by atoms with Crippen LogP contribution >= 0.6 is 0 Å². The van der Waals surface area contributed by atoms with E-state index in [1.807, 2.05) is 24.3 Å². The van der Waals surface area contributed by atoms with Gasteiger partial charge in [0.1, 0.15) is 12.1 Å². The van der Waals surface area contributed by atoms with Gasteiger partial charge < -0.3 is 9.64 Å². The standard InChI is InChI=1S/C13H14FN3O/c1-17(13-12(14)7-15-9-16-13)8-10-3-5-11(18-2)6-4-10/h3-7,9H,8H2,1-2H3. The summed E-state index contributed by atoms with van der Waals surface area (Å²) < 4.78 is 18.6. The topological polar surface area (TPSA) is 38.2 Å². The largest absolute Gasteiger partial charge is 0.497 e. The Bertz CT molecular complexity index is 516. The molecule has 1 heterocycles. The lowest BCUT2D eigenvalue weighted by Crippen LogP contribution is -2.19. The molecular formula is C13H14FN3O. The summed E-state index contributed by atoms with van der Waals surface area (Å²) in [6.45, 7) is 0.567. The number of aromatic nitrogens is 2. The SMILES string of the molecule is COc1ccc(CN(C)c2ncncc2F)cc1. The van der Waals surface area contributed by atoms with Crippen LogP contribution in [-0.4, -0.2) is 24.1 Å². The Kier molecular flexibility index (Phi) is 3.72. The highest BCUT2D eigenvalue weighted by atomic mass is 19.1. The van der Waals surface area contributed by atoms with E-state index in [1.165, 1.54) is 6.33 Å². The summed E-state index contributed by atoms with van der Waals surface area (Å²) in [5.74, 6) is 0.670. The lowest BCUT2D eigenvalue weighted by molar-refractivity contribution is 0.414. The third-order valence-electron chi connectivity index (χ3n) is 2.59. The van der Waals surface area contributed by atoms with Crippen molar-refractivity contribution in [3.05, 3.63) is 48.2 Å². The van der Waals surface area contributed by atoms with Crippen molar-refractivity contribution in [1.82, 2.24) is 9.97 Å². The lowest BCUT2D eigenvalue weighted by Gasteiger charge is -2.18. The molecule has 0 aliphatic carbocycles. The number of hydrogen-bond acceptors (Lipinski definition) is 4. The highest BCUT2D eigenvalue weighted by Gasteiger charge is 2.09. The molecule has 0 aliphatic rings. The molecule has 0 N–H and O–H groups in total. The minimum Gasteiger partial charge on any atom is -0.497 e. The van der Waals surface area contributed by atoms with Gasteiger partial charge in [-0.2, -0.15) is 0 Å². The molecule has 2 aromatic rings. The summed E-state index contributed by atoms with van der Waals surface area (Å²) in [4.78, 5) is 9.29. The summed E-state index contributed by atoms with van der Waals surface area (Å²) in [7, 11) is 3.41. The van der Waals surface area contributed by atoms with Crippen molar-refractivity contribution in [2.45, 2.75) is 6.54 Å². The van der Waals surface area contributed by atoms with E-state index in [0.29, 0.717) is 12.4 Å². The minimum absolute atomic E-state index is 0.292. The first kappa shape index (κ1) is 12.3. The highest BCUT2D eigenvalue weighted by molar-refractivity contribution is 5.39. The molecule has 0 unspecified atom stereocenters. The van der Waals surface area contributed by atoms with Crippen LogP contribution in [0.15, 0.2) is 36.8 Å². The smallest absolute Gasteiger partial charge is 0.183 e. The molecule has 0 saturated carbocycles. The van der Waals surface area contributed by atoms with Gasteiger partial charge in [-0.15, -0.1) is 0 Å². The van der Waals surface area contributed by atoms with Crippen LogP contribution in [-0.2, 0) is 6.54 Å². The Morgan fingerprint density at radius 3 is 2.61 bits per heavy atom. The van der Waals surface area contributed by atoms with Crippen molar-refractivity contribution in [2.75, 3.05) is 19.1 Å². The predicted octanol–water partition coefficient (Wildman–Crippen LogP) is 2.26. The van der Waals surface area contributed by atoms with Crippen LogP contribution in [0.4, 0.5) is 10.2 Å². The molecule has 1 aromatic carbocycles. The maximum Gasteiger partial charge on any atom is 0.183 e. The molecule has 0 saturated heterocycles. The van der Waals surface area contributed by atoms with E-state index in [-0.39, 0.29) is 0 Å². The fourth-order valence-electron chi connectivity index (χ4n) is 1.67. The van der Waals surface area contributed by atoms with Crippen LogP contribution in [0.5, 0.6) is 5.75 Å². The van der Waals surface area contributed by atoms with Crippen molar-refractivity contribution >= 4 is 5.82 Å². The first-order valence-corrected chi connectivity index (χ1v) is 5.50. The highest BCUT2D eigenvalue weighted by Crippen LogP contribution is 2.17. The average Bonchev–Trinajstić information content (AvgIpc) is 2.40. The molecule has 0 spiro atoms. The van der Waals surface area contributed by atoms with Gasteiger partial charge >= 0.3 is 0 Å². The van der Waals surface area contributed by atoms with Gasteiger partial charge in [-0.1, -0.05) is 12.1 Å². The number of nitrogens with zero attached hydrogens (tertiary/aromatic N) is 3. The first-order chi connectivity index (χ1) is 8.70. The van der Waals surface area contributed by atoms with Crippen LogP contribution in [0.3, 0.4) is 0 Å². The zero-order valence-electron chi connectivity index (χ0n) is 10.3. The van der Waals surface area contributed by atoms with Gasteiger partial charge in [0.15, 0.2) is 11.6 Å². The fraction of sp³-hybridized carbons (Fsp3) is 0.231. The Balaban J connectivity index is 2.11. The molecule has 0 bridgehead atoms. The summed E-state index contributed by atoms with van der Waals surface area (Å²) in [6, 6.07) is 7.63. The molecular weight excluding hydrogens is 233 g/mol. The normalized spacial score (nSPS) is 10.2. The Labute approximate surface area is 105 Å². The number of rotatable bonds is 4. The van der Waals surface area contributed by atoms with E-state index in [1.54, 1.807) is 19.1 Å². The number of ether oxygens (including phenoxy) is 1. The summed E-state index contributed by atoms with van der Waals surface area (Å²) in [6.07, 6.45) is 2.50. The second-order valence-electron chi connectivity index (χ2n) is 3.90. The van der Waals surface area contributed by atoms with Crippen LogP contribution in [0.2, 0.25) is 0 Å². The molecule has 0 amide bonds. The molecule has 2 rings (SSSR count). The lowest BCUT2D eigenvalue weighted by atomic mass is 10.2. The summed E-state index contributed by atoms with van der Waals surface area (Å²) in [5.41, 5.74) is 1.05. The second-order valence-corrected chi connectivity index (χ2v) is 3.90. The third kappa shape index (κ3) is 2.74. The van der Waals surface area contributed by atoms with E-state index in [9.17, 15) is 4.39 Å². The summed E-state index contributed by atoms with van der Waals surface area (Å²) >= 11 is 0. The monoisotopic (exact) mass is 247 g/mol. The zero-order chi connectivity index (χ0) is 13.0. The van der Waals surface area contributed by atoms with E-state index in [2.05, 4.69) is 9.97 Å². The first-order valence-electron chi connectivity index (χ1n) is 5.50. The Morgan fingerprint density at radius 2 is 2.00 bits per heavy atom. The number of halogens is 1. The quantitative estimate of drug-likeness (QED) is 0.830. The maximum atomic E-state index is 13.5. The molecule has 0 radical (unpaired) electrons. The van der Waals surface area contributed by atoms with Gasteiger partial charge in [0.2, 0.25) is 0 Å². The molecule has 0 atom stereocenters. The van der Waals surface area contributed by atoms with Gasteiger partial charge in [0.05, 0.1) is 13.3 Å².